The third-order valence-electron chi connectivity index (χ3n) is 2.84. The Morgan fingerprint density at radius 2 is 1.85 bits per heavy atom. The predicted molar refractivity (Wildman–Crippen MR) is 76.4 cm³/mol. The van der Waals surface area contributed by atoms with Crippen molar-refractivity contribution in [3.05, 3.63) is 0 Å². The van der Waals surface area contributed by atoms with Crippen molar-refractivity contribution in [3.8, 4) is 0 Å². The number of hydrogen-bond donors (Lipinski definition) is 3. The number of alkyl carbamates (subject to hydrolysis) is 1. The van der Waals surface area contributed by atoms with Gasteiger partial charge in [-0.3, -0.25) is 5.32 Å². The second-order valence-electron chi connectivity index (χ2n) is 6.23. The molecule has 3 N–H and O–H groups in total. The van der Waals surface area contributed by atoms with Crippen molar-refractivity contribution < 1.29 is 14.3 Å². The predicted octanol–water partition coefficient (Wildman–Crippen LogP) is 0.860. The van der Waals surface area contributed by atoms with E-state index in [9.17, 15) is 9.59 Å². The highest BCUT2D eigenvalue weighted by Gasteiger charge is 2.25. The van der Waals surface area contributed by atoms with E-state index < -0.39 is 11.7 Å². The van der Waals surface area contributed by atoms with E-state index in [4.69, 9.17) is 4.74 Å². The van der Waals surface area contributed by atoms with Crippen LogP contribution in [0.15, 0.2) is 0 Å². The highest BCUT2D eigenvalue weighted by atomic mass is 16.6. The molecule has 1 aliphatic rings. The summed E-state index contributed by atoms with van der Waals surface area (Å²) in [5.74, 6) is 0. The zero-order chi connectivity index (χ0) is 15.3. The van der Waals surface area contributed by atoms with Crippen molar-refractivity contribution in [2.45, 2.75) is 51.4 Å². The molecule has 0 aliphatic carbocycles. The number of amides is 3. The molecule has 2 unspecified atom stereocenters. The van der Waals surface area contributed by atoms with Crippen molar-refractivity contribution in [3.63, 3.8) is 0 Å². The maximum atomic E-state index is 11.6. The quantitative estimate of drug-likeness (QED) is 0.703. The second-order valence-corrected chi connectivity index (χ2v) is 6.23. The minimum absolute atomic E-state index is 0.0848. The fourth-order valence-electron chi connectivity index (χ4n) is 1.86. The lowest BCUT2D eigenvalue weighted by molar-refractivity contribution is 0.0481. The van der Waals surface area contributed by atoms with Gasteiger partial charge in [0.15, 0.2) is 0 Å². The lowest BCUT2D eigenvalue weighted by Crippen LogP contribution is -2.56. The molecule has 0 saturated carbocycles. The van der Waals surface area contributed by atoms with Crippen LogP contribution in [0, 0.1) is 0 Å². The van der Waals surface area contributed by atoms with Crippen LogP contribution in [0.3, 0.4) is 0 Å². The molecule has 1 saturated heterocycles. The first-order chi connectivity index (χ1) is 9.17. The maximum absolute atomic E-state index is 11.6. The molecule has 0 aromatic heterocycles. The Bertz CT molecular complexity index is 344. The number of ether oxygens (including phenoxy) is 1. The summed E-state index contributed by atoms with van der Waals surface area (Å²) in [4.78, 5) is 24.7. The Morgan fingerprint density at radius 1 is 1.20 bits per heavy atom. The molecule has 2 atom stereocenters. The van der Waals surface area contributed by atoms with Crippen LogP contribution in [-0.2, 0) is 4.74 Å². The second kappa shape index (κ2) is 6.78. The molecule has 1 rings (SSSR count). The molecule has 116 valence electrons. The molecule has 0 spiro atoms. The highest BCUT2D eigenvalue weighted by molar-refractivity contribution is 5.73. The number of carbonyl (C=O) groups excluding carboxylic acids is 2. The lowest BCUT2D eigenvalue weighted by Gasteiger charge is -2.32. The van der Waals surface area contributed by atoms with Gasteiger partial charge in [-0.1, -0.05) is 0 Å². The summed E-state index contributed by atoms with van der Waals surface area (Å²) in [6, 6.07) is -0.0167. The fourth-order valence-corrected chi connectivity index (χ4v) is 1.86. The summed E-state index contributed by atoms with van der Waals surface area (Å²) >= 11 is 0. The number of hydrogen-bond acceptors (Lipinski definition) is 4. The van der Waals surface area contributed by atoms with Gasteiger partial charge in [-0.25, -0.2) is 9.59 Å². The van der Waals surface area contributed by atoms with Gasteiger partial charge in [-0.05, 0) is 33.6 Å². The van der Waals surface area contributed by atoms with E-state index in [1.165, 1.54) is 4.90 Å². The summed E-state index contributed by atoms with van der Waals surface area (Å²) in [7, 11) is 3.41. The van der Waals surface area contributed by atoms with E-state index in [0.29, 0.717) is 6.54 Å². The first kappa shape index (κ1) is 16.6. The van der Waals surface area contributed by atoms with Gasteiger partial charge in [-0.2, -0.15) is 0 Å². The van der Waals surface area contributed by atoms with Crippen LogP contribution in [0.25, 0.3) is 0 Å². The molecule has 7 heteroatoms. The van der Waals surface area contributed by atoms with Crippen LogP contribution in [0.4, 0.5) is 9.59 Å². The molecule has 3 amide bonds. The minimum atomic E-state index is -0.499. The zero-order valence-electron chi connectivity index (χ0n) is 12.9. The molecule has 0 aromatic carbocycles. The summed E-state index contributed by atoms with van der Waals surface area (Å²) in [5.41, 5.74) is -0.499. The zero-order valence-corrected chi connectivity index (χ0v) is 12.9. The van der Waals surface area contributed by atoms with E-state index in [1.807, 2.05) is 20.8 Å². The van der Waals surface area contributed by atoms with Crippen molar-refractivity contribution in [1.82, 2.24) is 20.9 Å². The van der Waals surface area contributed by atoms with Crippen LogP contribution in [0.5, 0.6) is 0 Å². The summed E-state index contributed by atoms with van der Waals surface area (Å²) in [6.45, 7) is 6.11. The minimum Gasteiger partial charge on any atom is -0.444 e. The topological polar surface area (TPSA) is 82.7 Å². The summed E-state index contributed by atoms with van der Waals surface area (Å²) in [5, 5.41) is 8.87. The van der Waals surface area contributed by atoms with Gasteiger partial charge in [0, 0.05) is 26.7 Å². The van der Waals surface area contributed by atoms with Gasteiger partial charge >= 0.3 is 12.1 Å². The first-order valence-corrected chi connectivity index (χ1v) is 6.88. The molecule has 1 aliphatic heterocycles. The third kappa shape index (κ3) is 6.10. The van der Waals surface area contributed by atoms with Crippen LogP contribution in [0.2, 0.25) is 0 Å². The van der Waals surface area contributed by atoms with Crippen LogP contribution >= 0.6 is 0 Å². The first-order valence-electron chi connectivity index (χ1n) is 6.88. The average Bonchev–Trinajstić information content (AvgIpc) is 2.28. The number of urea groups is 1. The number of piperidine rings is 1. The van der Waals surface area contributed by atoms with Crippen molar-refractivity contribution >= 4 is 12.1 Å². The Balaban J connectivity index is 2.29. The number of nitrogens with one attached hydrogen (secondary N) is 3. The number of carbonyl (C=O) groups is 2. The standard InChI is InChI=1S/C13H26N4O3/c1-13(2,3)20-12(19)16-10-7-6-9(8-14-10)15-11(18)17(4)5/h9-10,14H,6-8H2,1-5H3,(H,15,18)(H,16,19). The third-order valence-corrected chi connectivity index (χ3v) is 2.84. The monoisotopic (exact) mass is 286 g/mol. The largest absolute Gasteiger partial charge is 0.444 e. The molecule has 1 fully saturated rings. The SMILES string of the molecule is CN(C)C(=O)NC1CCC(NC(=O)OC(C)(C)C)NC1. The number of rotatable bonds is 2. The van der Waals surface area contributed by atoms with E-state index in [-0.39, 0.29) is 18.2 Å². The van der Waals surface area contributed by atoms with Gasteiger partial charge in [0.2, 0.25) is 0 Å². The Hall–Kier alpha value is -1.50. The van der Waals surface area contributed by atoms with Crippen molar-refractivity contribution in [1.29, 1.82) is 0 Å². The Morgan fingerprint density at radius 3 is 2.30 bits per heavy atom. The van der Waals surface area contributed by atoms with Gasteiger partial charge in [-0.15, -0.1) is 0 Å². The molecule has 0 aromatic rings. The Kier molecular flexibility index (Phi) is 5.62. The molecule has 0 bridgehead atoms. The molecular weight excluding hydrogens is 260 g/mol. The van der Waals surface area contributed by atoms with Crippen molar-refractivity contribution in [2.75, 3.05) is 20.6 Å². The average molecular weight is 286 g/mol. The lowest BCUT2D eigenvalue weighted by atomic mass is 10.1. The van der Waals surface area contributed by atoms with E-state index in [2.05, 4.69) is 16.0 Å². The molecule has 0 radical (unpaired) electrons. The van der Waals surface area contributed by atoms with Gasteiger partial charge in [0.1, 0.15) is 5.60 Å². The summed E-state index contributed by atoms with van der Waals surface area (Å²) < 4.78 is 5.20. The number of nitrogens with zero attached hydrogens (tertiary/aromatic N) is 1. The van der Waals surface area contributed by atoms with E-state index >= 15 is 0 Å². The van der Waals surface area contributed by atoms with E-state index in [1.54, 1.807) is 14.1 Å². The van der Waals surface area contributed by atoms with Gasteiger partial charge in [0.25, 0.3) is 0 Å². The molecule has 20 heavy (non-hydrogen) atoms. The summed E-state index contributed by atoms with van der Waals surface area (Å²) in [6.07, 6.45) is 1.02. The Labute approximate surface area is 120 Å². The molecule has 1 heterocycles. The smallest absolute Gasteiger partial charge is 0.408 e. The highest BCUT2D eigenvalue weighted by Crippen LogP contribution is 2.10. The molecule has 7 nitrogen and oxygen atoms in total. The van der Waals surface area contributed by atoms with Gasteiger partial charge < -0.3 is 20.3 Å². The van der Waals surface area contributed by atoms with E-state index in [0.717, 1.165) is 12.8 Å². The van der Waals surface area contributed by atoms with Gasteiger partial charge in [0.05, 0.1) is 6.17 Å². The fraction of sp³-hybridized carbons (Fsp3) is 0.846. The normalized spacial score (nSPS) is 22.9. The van der Waals surface area contributed by atoms with Crippen LogP contribution in [0.1, 0.15) is 33.6 Å². The van der Waals surface area contributed by atoms with Crippen LogP contribution in [-0.4, -0.2) is 55.5 Å². The maximum Gasteiger partial charge on any atom is 0.408 e. The van der Waals surface area contributed by atoms with Crippen LogP contribution < -0.4 is 16.0 Å². The molecular formula is C13H26N4O3. The van der Waals surface area contributed by atoms with Crippen molar-refractivity contribution in [2.24, 2.45) is 0 Å².